The van der Waals surface area contributed by atoms with Crippen LogP contribution in [0.25, 0.3) is 0 Å². The maximum Gasteiger partial charge on any atom is 0.252 e. The van der Waals surface area contributed by atoms with Gasteiger partial charge in [-0.25, -0.2) is 0 Å². The van der Waals surface area contributed by atoms with Crippen LogP contribution in [0.15, 0.2) is 11.4 Å². The lowest BCUT2D eigenvalue weighted by Crippen LogP contribution is -2.32. The van der Waals surface area contributed by atoms with E-state index in [1.54, 1.807) is 11.3 Å². The van der Waals surface area contributed by atoms with E-state index < -0.39 is 6.10 Å². The standard InChI is InChI=1S/C11H16INO2S/c1-7(2)3-9(14)5-13-11(15)8-4-10(12)16-6-8/h4,6-7,9,14H,3,5H2,1-2H3,(H,13,15). The van der Waals surface area contributed by atoms with E-state index >= 15 is 0 Å². The van der Waals surface area contributed by atoms with Gasteiger partial charge in [0.1, 0.15) is 0 Å². The predicted octanol–water partition coefficient (Wildman–Crippen LogP) is 2.49. The minimum absolute atomic E-state index is 0.109. The van der Waals surface area contributed by atoms with Gasteiger partial charge in [0.15, 0.2) is 0 Å². The Hall–Kier alpha value is -0.140. The summed E-state index contributed by atoms with van der Waals surface area (Å²) >= 11 is 3.72. The molecule has 1 amide bonds. The Morgan fingerprint density at radius 1 is 1.62 bits per heavy atom. The zero-order valence-corrected chi connectivity index (χ0v) is 12.3. The van der Waals surface area contributed by atoms with E-state index in [-0.39, 0.29) is 5.91 Å². The average Bonchev–Trinajstić information content (AvgIpc) is 2.60. The molecule has 0 radical (unpaired) electrons. The first-order valence-corrected chi connectivity index (χ1v) is 7.15. The zero-order chi connectivity index (χ0) is 12.1. The van der Waals surface area contributed by atoms with Crippen molar-refractivity contribution in [3.63, 3.8) is 0 Å². The SMILES string of the molecule is CC(C)CC(O)CNC(=O)c1csc(I)c1. The lowest BCUT2D eigenvalue weighted by Gasteiger charge is -2.13. The summed E-state index contributed by atoms with van der Waals surface area (Å²) in [6.45, 7) is 4.42. The van der Waals surface area contributed by atoms with Gasteiger partial charge < -0.3 is 10.4 Å². The first-order chi connectivity index (χ1) is 7.49. The van der Waals surface area contributed by atoms with Crippen LogP contribution in [0.2, 0.25) is 0 Å². The van der Waals surface area contributed by atoms with Crippen LogP contribution in [-0.4, -0.2) is 23.7 Å². The molecule has 1 rings (SSSR count). The van der Waals surface area contributed by atoms with Crippen LogP contribution in [0.5, 0.6) is 0 Å². The van der Waals surface area contributed by atoms with Crippen LogP contribution in [0.4, 0.5) is 0 Å². The number of hydrogen-bond acceptors (Lipinski definition) is 3. The summed E-state index contributed by atoms with van der Waals surface area (Å²) in [4.78, 5) is 11.6. The Balaban J connectivity index is 2.35. The van der Waals surface area contributed by atoms with Crippen molar-refractivity contribution in [1.82, 2.24) is 5.32 Å². The van der Waals surface area contributed by atoms with Gasteiger partial charge in [-0.2, -0.15) is 0 Å². The van der Waals surface area contributed by atoms with Crippen LogP contribution < -0.4 is 5.32 Å². The Kier molecular flexibility index (Phi) is 5.71. The molecule has 1 aromatic rings. The summed E-state index contributed by atoms with van der Waals surface area (Å²) in [7, 11) is 0. The second-order valence-electron chi connectivity index (χ2n) is 4.13. The summed E-state index contributed by atoms with van der Waals surface area (Å²) in [6.07, 6.45) is 0.253. The molecular formula is C11H16INO2S. The molecule has 0 aliphatic heterocycles. The van der Waals surface area contributed by atoms with Crippen molar-refractivity contribution in [2.45, 2.75) is 26.4 Å². The molecule has 0 saturated heterocycles. The first kappa shape index (κ1) is 13.9. The molecule has 1 aromatic heterocycles. The van der Waals surface area contributed by atoms with Gasteiger partial charge in [0.05, 0.1) is 14.6 Å². The van der Waals surface area contributed by atoms with Gasteiger partial charge in [-0.1, -0.05) is 13.8 Å². The fourth-order valence-corrected chi connectivity index (χ4v) is 2.70. The molecule has 3 nitrogen and oxygen atoms in total. The number of rotatable bonds is 5. The van der Waals surface area contributed by atoms with Crippen LogP contribution in [0.3, 0.4) is 0 Å². The van der Waals surface area contributed by atoms with Crippen LogP contribution in [0, 0.1) is 8.80 Å². The smallest absolute Gasteiger partial charge is 0.252 e. The molecule has 0 bridgehead atoms. The first-order valence-electron chi connectivity index (χ1n) is 5.19. The Labute approximate surface area is 113 Å². The van der Waals surface area contributed by atoms with Gasteiger partial charge in [-0.15, -0.1) is 11.3 Å². The fourth-order valence-electron chi connectivity index (χ4n) is 1.37. The summed E-state index contributed by atoms with van der Waals surface area (Å²) in [6, 6.07) is 1.84. The number of carbonyl (C=O) groups excluding carboxylic acids is 1. The Morgan fingerprint density at radius 2 is 2.31 bits per heavy atom. The molecule has 0 aliphatic rings. The Bertz CT molecular complexity index is 352. The third-order valence-electron chi connectivity index (χ3n) is 2.07. The molecule has 90 valence electrons. The summed E-state index contributed by atoms with van der Waals surface area (Å²) in [5.41, 5.74) is 0.672. The molecule has 1 unspecified atom stereocenters. The van der Waals surface area contributed by atoms with E-state index in [2.05, 4.69) is 27.9 Å². The van der Waals surface area contributed by atoms with Crippen molar-refractivity contribution in [2.75, 3.05) is 6.54 Å². The number of aliphatic hydroxyl groups excluding tert-OH is 1. The van der Waals surface area contributed by atoms with Crippen LogP contribution in [-0.2, 0) is 0 Å². The Morgan fingerprint density at radius 3 is 2.81 bits per heavy atom. The normalized spacial score (nSPS) is 12.8. The lowest BCUT2D eigenvalue weighted by molar-refractivity contribution is 0.0900. The predicted molar refractivity (Wildman–Crippen MR) is 74.8 cm³/mol. The van der Waals surface area contributed by atoms with Gasteiger partial charge in [0, 0.05) is 11.9 Å². The van der Waals surface area contributed by atoms with Crippen molar-refractivity contribution in [3.05, 3.63) is 19.9 Å². The molecular weight excluding hydrogens is 337 g/mol. The fraction of sp³-hybridized carbons (Fsp3) is 0.545. The van der Waals surface area contributed by atoms with Crippen molar-refractivity contribution in [2.24, 2.45) is 5.92 Å². The highest BCUT2D eigenvalue weighted by Crippen LogP contribution is 2.16. The van der Waals surface area contributed by atoms with Crippen molar-refractivity contribution in [3.8, 4) is 0 Å². The molecule has 0 saturated carbocycles. The lowest BCUT2D eigenvalue weighted by atomic mass is 10.1. The highest BCUT2D eigenvalue weighted by atomic mass is 127. The van der Waals surface area contributed by atoms with E-state index in [0.717, 1.165) is 2.88 Å². The molecule has 0 aromatic carbocycles. The van der Waals surface area contributed by atoms with E-state index in [0.29, 0.717) is 24.4 Å². The molecule has 0 fully saturated rings. The second-order valence-corrected chi connectivity index (χ2v) is 6.94. The highest BCUT2D eigenvalue weighted by molar-refractivity contribution is 14.1. The number of thiophene rings is 1. The van der Waals surface area contributed by atoms with Crippen molar-refractivity contribution < 1.29 is 9.90 Å². The van der Waals surface area contributed by atoms with Crippen molar-refractivity contribution in [1.29, 1.82) is 0 Å². The summed E-state index contributed by atoms with van der Waals surface area (Å²) < 4.78 is 1.09. The molecule has 2 N–H and O–H groups in total. The largest absolute Gasteiger partial charge is 0.391 e. The van der Waals surface area contributed by atoms with Crippen LogP contribution in [0.1, 0.15) is 30.6 Å². The zero-order valence-electron chi connectivity index (χ0n) is 9.37. The van der Waals surface area contributed by atoms with Gasteiger partial charge >= 0.3 is 0 Å². The van der Waals surface area contributed by atoms with Gasteiger partial charge in [0.25, 0.3) is 5.91 Å². The van der Waals surface area contributed by atoms with E-state index in [1.165, 1.54) is 0 Å². The van der Waals surface area contributed by atoms with E-state index in [4.69, 9.17) is 0 Å². The molecule has 16 heavy (non-hydrogen) atoms. The van der Waals surface area contributed by atoms with E-state index in [1.807, 2.05) is 25.3 Å². The van der Waals surface area contributed by atoms with Crippen LogP contribution >= 0.6 is 33.9 Å². The van der Waals surface area contributed by atoms with Gasteiger partial charge in [-0.05, 0) is 41.0 Å². The monoisotopic (exact) mass is 353 g/mol. The van der Waals surface area contributed by atoms with E-state index in [9.17, 15) is 9.90 Å². The number of aliphatic hydroxyl groups is 1. The number of hydrogen-bond donors (Lipinski definition) is 2. The third kappa shape index (κ3) is 4.80. The summed E-state index contributed by atoms with van der Waals surface area (Å²) in [5.74, 6) is 0.330. The third-order valence-corrected chi connectivity index (χ3v) is 3.86. The molecule has 5 heteroatoms. The molecule has 0 aliphatic carbocycles. The maximum absolute atomic E-state index is 11.6. The second kappa shape index (κ2) is 6.56. The molecule has 1 atom stereocenters. The minimum Gasteiger partial charge on any atom is -0.391 e. The minimum atomic E-state index is -0.457. The topological polar surface area (TPSA) is 49.3 Å². The van der Waals surface area contributed by atoms with Gasteiger partial charge in [-0.3, -0.25) is 4.79 Å². The van der Waals surface area contributed by atoms with Crippen molar-refractivity contribution >= 4 is 39.8 Å². The number of amides is 1. The number of halogens is 1. The molecule has 0 spiro atoms. The van der Waals surface area contributed by atoms with Gasteiger partial charge in [0.2, 0.25) is 0 Å². The average molecular weight is 353 g/mol. The highest BCUT2D eigenvalue weighted by Gasteiger charge is 2.11. The maximum atomic E-state index is 11.6. The number of carbonyl (C=O) groups is 1. The molecule has 1 heterocycles. The summed E-state index contributed by atoms with van der Waals surface area (Å²) in [5, 5.41) is 14.2. The quantitative estimate of drug-likeness (QED) is 0.800. The number of nitrogens with one attached hydrogen (secondary N) is 1.